The van der Waals surface area contributed by atoms with Crippen LogP contribution in [0.2, 0.25) is 0 Å². The molecule has 0 bridgehead atoms. The number of piperazine rings is 1. The summed E-state index contributed by atoms with van der Waals surface area (Å²) in [7, 11) is -3.98. The fraction of sp³-hybridized carbons (Fsp3) is 0.600. The van der Waals surface area contributed by atoms with Crippen molar-refractivity contribution in [2.45, 2.75) is 64.5 Å². The first-order chi connectivity index (χ1) is 12.9. The maximum atomic E-state index is 13.2. The predicted octanol–water partition coefficient (Wildman–Crippen LogP) is 3.18. The first-order valence-corrected chi connectivity index (χ1v) is 11.0. The first-order valence-electron chi connectivity index (χ1n) is 9.51. The van der Waals surface area contributed by atoms with E-state index >= 15 is 0 Å². The van der Waals surface area contributed by atoms with E-state index in [0.717, 1.165) is 9.87 Å². The van der Waals surface area contributed by atoms with Crippen LogP contribution in [-0.2, 0) is 19.6 Å². The van der Waals surface area contributed by atoms with Crippen LogP contribution >= 0.6 is 0 Å². The van der Waals surface area contributed by atoms with Crippen LogP contribution in [0.5, 0.6) is 0 Å². The lowest BCUT2D eigenvalue weighted by atomic mass is 9.95. The van der Waals surface area contributed by atoms with E-state index in [2.05, 4.69) is 0 Å². The summed E-state index contributed by atoms with van der Waals surface area (Å²) in [6, 6.07) is 5.50. The van der Waals surface area contributed by atoms with Gasteiger partial charge in [-0.25, -0.2) is 17.5 Å². The number of rotatable bonds is 4. The fourth-order valence-corrected chi connectivity index (χ4v) is 4.51. The molecular weight excluding hydrogens is 380 g/mol. The van der Waals surface area contributed by atoms with Crippen LogP contribution in [-0.4, -0.2) is 54.4 Å². The molecule has 1 aromatic carbocycles. The van der Waals surface area contributed by atoms with Gasteiger partial charge in [0, 0.05) is 6.54 Å². The number of nitrogens with zero attached hydrogens (tertiary/aromatic N) is 2. The number of amides is 2. The summed E-state index contributed by atoms with van der Waals surface area (Å²) in [5, 5.41) is 0. The van der Waals surface area contributed by atoms with Crippen LogP contribution < -0.4 is 0 Å². The van der Waals surface area contributed by atoms with Gasteiger partial charge in [-0.05, 0) is 45.7 Å². The molecular formula is C20H30N2O5S. The monoisotopic (exact) mass is 410 g/mol. The summed E-state index contributed by atoms with van der Waals surface area (Å²) in [6.45, 7) is 10.9. The van der Waals surface area contributed by atoms with Gasteiger partial charge >= 0.3 is 6.09 Å². The van der Waals surface area contributed by atoms with E-state index in [4.69, 9.17) is 4.74 Å². The van der Waals surface area contributed by atoms with E-state index in [1.807, 2.05) is 20.8 Å². The molecule has 2 rings (SSSR count). The number of sulfonamides is 1. The summed E-state index contributed by atoms with van der Waals surface area (Å²) < 4.78 is 32.4. The zero-order chi connectivity index (χ0) is 21.3. The molecule has 8 heteroatoms. The van der Waals surface area contributed by atoms with E-state index in [1.165, 1.54) is 17.0 Å². The van der Waals surface area contributed by atoms with Gasteiger partial charge in [-0.1, -0.05) is 38.0 Å². The minimum absolute atomic E-state index is 0.0695. The number of hydrogen-bond donors (Lipinski definition) is 0. The predicted molar refractivity (Wildman–Crippen MR) is 106 cm³/mol. The molecule has 1 aliphatic rings. The lowest BCUT2D eigenvalue weighted by Crippen LogP contribution is -2.62. The Bertz CT molecular complexity index is 827. The standard InChI is InChI=1S/C20H30N2O5S/c1-7-15(3)17-18(23)22(13-12-21(17)19(24)27-20(4,5)6)28(25,26)16-10-8-14(2)9-11-16/h8-11,15,17H,7,12-13H2,1-6H3/t15-,17-/m0/s1. The maximum absolute atomic E-state index is 13.2. The molecule has 0 N–H and O–H groups in total. The molecule has 0 spiro atoms. The molecule has 7 nitrogen and oxygen atoms in total. The minimum Gasteiger partial charge on any atom is -0.444 e. The van der Waals surface area contributed by atoms with Crippen LogP contribution in [0.1, 0.15) is 46.6 Å². The van der Waals surface area contributed by atoms with Crippen molar-refractivity contribution in [3.8, 4) is 0 Å². The van der Waals surface area contributed by atoms with E-state index in [0.29, 0.717) is 6.42 Å². The van der Waals surface area contributed by atoms with Gasteiger partial charge in [-0.15, -0.1) is 0 Å². The second-order valence-corrected chi connectivity index (χ2v) is 10.1. The Kier molecular flexibility index (Phi) is 6.43. The van der Waals surface area contributed by atoms with Crippen LogP contribution in [0, 0.1) is 12.8 Å². The zero-order valence-corrected chi connectivity index (χ0v) is 18.2. The Morgan fingerprint density at radius 3 is 2.29 bits per heavy atom. The zero-order valence-electron chi connectivity index (χ0n) is 17.4. The minimum atomic E-state index is -3.98. The Balaban J connectivity index is 2.36. The Morgan fingerprint density at radius 2 is 1.79 bits per heavy atom. The lowest BCUT2D eigenvalue weighted by Gasteiger charge is -2.42. The van der Waals surface area contributed by atoms with E-state index in [1.54, 1.807) is 32.9 Å². The van der Waals surface area contributed by atoms with Crippen molar-refractivity contribution in [2.75, 3.05) is 13.1 Å². The van der Waals surface area contributed by atoms with Crippen molar-refractivity contribution in [3.63, 3.8) is 0 Å². The van der Waals surface area contributed by atoms with Crippen LogP contribution in [0.4, 0.5) is 4.79 Å². The molecule has 0 aliphatic carbocycles. The topological polar surface area (TPSA) is 84.0 Å². The average molecular weight is 411 g/mol. The highest BCUT2D eigenvalue weighted by atomic mass is 32.2. The third kappa shape index (κ3) is 4.66. The quantitative estimate of drug-likeness (QED) is 0.761. The van der Waals surface area contributed by atoms with Gasteiger partial charge in [0.25, 0.3) is 15.9 Å². The summed E-state index contributed by atoms with van der Waals surface area (Å²) in [5.74, 6) is -0.803. The summed E-state index contributed by atoms with van der Waals surface area (Å²) in [5.41, 5.74) is 0.225. The van der Waals surface area contributed by atoms with Crippen molar-refractivity contribution in [3.05, 3.63) is 29.8 Å². The van der Waals surface area contributed by atoms with Crippen LogP contribution in [0.3, 0.4) is 0 Å². The number of aryl methyl sites for hydroxylation is 1. The maximum Gasteiger partial charge on any atom is 0.411 e. The third-order valence-corrected chi connectivity index (χ3v) is 6.61. The number of benzene rings is 1. The molecule has 1 heterocycles. The van der Waals surface area contributed by atoms with Gasteiger partial charge < -0.3 is 4.74 Å². The van der Waals surface area contributed by atoms with Gasteiger partial charge in [0.05, 0.1) is 11.4 Å². The fourth-order valence-electron chi connectivity index (χ4n) is 3.10. The van der Waals surface area contributed by atoms with E-state index < -0.39 is 33.7 Å². The van der Waals surface area contributed by atoms with Gasteiger partial charge in [-0.2, -0.15) is 0 Å². The molecule has 0 saturated carbocycles. The summed E-state index contributed by atoms with van der Waals surface area (Å²) in [6.07, 6.45) is 0.0206. The van der Waals surface area contributed by atoms with Gasteiger partial charge in [0.2, 0.25) is 0 Å². The molecule has 1 aromatic rings. The number of carbonyl (C=O) groups excluding carboxylic acids is 2. The highest BCUT2D eigenvalue weighted by molar-refractivity contribution is 7.89. The van der Waals surface area contributed by atoms with Crippen LogP contribution in [0.25, 0.3) is 0 Å². The SMILES string of the molecule is CC[C@H](C)[C@H]1C(=O)N(S(=O)(=O)c2ccc(C)cc2)CCN1C(=O)OC(C)(C)C. The molecule has 2 atom stereocenters. The largest absolute Gasteiger partial charge is 0.444 e. The Hall–Kier alpha value is -2.09. The normalized spacial score (nSPS) is 19.5. The second-order valence-electron chi connectivity index (χ2n) is 8.23. The molecule has 1 saturated heterocycles. The molecule has 1 aliphatic heterocycles. The molecule has 1 fully saturated rings. The average Bonchev–Trinajstić information content (AvgIpc) is 2.59. The van der Waals surface area contributed by atoms with Crippen molar-refractivity contribution in [1.82, 2.24) is 9.21 Å². The molecule has 156 valence electrons. The van der Waals surface area contributed by atoms with Gasteiger partial charge in [-0.3, -0.25) is 9.69 Å². The summed E-state index contributed by atoms with van der Waals surface area (Å²) in [4.78, 5) is 27.3. The van der Waals surface area contributed by atoms with Gasteiger partial charge in [0.1, 0.15) is 11.6 Å². The smallest absolute Gasteiger partial charge is 0.411 e. The second kappa shape index (κ2) is 8.11. The first kappa shape index (κ1) is 22.2. The number of ether oxygens (including phenoxy) is 1. The highest BCUT2D eigenvalue weighted by Gasteiger charge is 2.45. The number of hydrogen-bond acceptors (Lipinski definition) is 5. The molecule has 28 heavy (non-hydrogen) atoms. The van der Waals surface area contributed by atoms with Crippen molar-refractivity contribution in [2.24, 2.45) is 5.92 Å². The third-order valence-electron chi connectivity index (χ3n) is 4.80. The molecule has 2 amide bonds. The lowest BCUT2D eigenvalue weighted by molar-refractivity contribution is -0.137. The summed E-state index contributed by atoms with van der Waals surface area (Å²) >= 11 is 0. The molecule has 0 unspecified atom stereocenters. The number of carbonyl (C=O) groups is 2. The van der Waals surface area contributed by atoms with E-state index in [-0.39, 0.29) is 23.9 Å². The Labute approximate surface area is 167 Å². The Morgan fingerprint density at radius 1 is 1.21 bits per heavy atom. The molecule has 0 radical (unpaired) electrons. The van der Waals surface area contributed by atoms with Crippen molar-refractivity contribution < 1.29 is 22.7 Å². The van der Waals surface area contributed by atoms with Crippen molar-refractivity contribution >= 4 is 22.0 Å². The van der Waals surface area contributed by atoms with Crippen LogP contribution in [0.15, 0.2) is 29.2 Å². The highest BCUT2D eigenvalue weighted by Crippen LogP contribution is 2.27. The molecule has 0 aromatic heterocycles. The van der Waals surface area contributed by atoms with E-state index in [9.17, 15) is 18.0 Å². The van der Waals surface area contributed by atoms with Gasteiger partial charge in [0.15, 0.2) is 0 Å². The van der Waals surface area contributed by atoms with Crippen molar-refractivity contribution in [1.29, 1.82) is 0 Å².